The van der Waals surface area contributed by atoms with Gasteiger partial charge in [0.05, 0.1) is 0 Å². The van der Waals surface area contributed by atoms with E-state index in [0.29, 0.717) is 10.8 Å². The Balaban J connectivity index is 1.70. The number of nitrogens with one attached hydrogen (secondary N) is 1. The molecule has 0 spiro atoms. The fraction of sp³-hybridized carbons (Fsp3) is 0. The molecule has 1 aromatic carbocycles. The van der Waals surface area contributed by atoms with Crippen LogP contribution in [-0.4, -0.2) is 24.8 Å². The molecular weight excluding hydrogens is 320 g/mol. The molecule has 8 heteroatoms. The number of rotatable bonds is 3. The van der Waals surface area contributed by atoms with Crippen molar-refractivity contribution in [1.29, 1.82) is 0 Å². The minimum absolute atomic E-state index is 0.692. The molecule has 22 heavy (non-hydrogen) atoms. The molecule has 3 aromatic heterocycles. The Hall–Kier alpha value is -2.51. The van der Waals surface area contributed by atoms with Crippen LogP contribution in [0.25, 0.3) is 16.3 Å². The Morgan fingerprint density at radius 2 is 1.77 bits per heavy atom. The number of halogens is 1. The highest BCUT2D eigenvalue weighted by molar-refractivity contribution is 7.20. The molecule has 1 N–H and O–H groups in total. The van der Waals surface area contributed by atoms with Crippen LogP contribution in [0.2, 0.25) is 5.02 Å². The number of fused-ring (bicyclic) bond motifs is 1. The zero-order chi connectivity index (χ0) is 14.9. The molecule has 0 radical (unpaired) electrons. The minimum Gasteiger partial charge on any atom is -0.330 e. The maximum Gasteiger partial charge on any atom is 0.236 e. The minimum atomic E-state index is 0.692. The molecule has 0 fully saturated rings. The van der Waals surface area contributed by atoms with Gasteiger partial charge < -0.3 is 5.32 Å². The first kappa shape index (κ1) is 13.2. The van der Waals surface area contributed by atoms with E-state index >= 15 is 0 Å². The molecule has 0 saturated carbocycles. The van der Waals surface area contributed by atoms with E-state index < -0.39 is 0 Å². The number of pyridine rings is 1. The van der Waals surface area contributed by atoms with Crippen LogP contribution in [0.15, 0.2) is 48.8 Å². The van der Waals surface area contributed by atoms with Gasteiger partial charge >= 0.3 is 0 Å². The van der Waals surface area contributed by atoms with E-state index in [1.807, 2.05) is 36.4 Å². The molecule has 0 aliphatic heterocycles. The predicted octanol–water partition coefficient (Wildman–Crippen LogP) is 3.64. The normalized spacial score (nSPS) is 11.0. The maximum atomic E-state index is 5.88. The van der Waals surface area contributed by atoms with Crippen molar-refractivity contribution in [2.45, 2.75) is 0 Å². The summed E-state index contributed by atoms with van der Waals surface area (Å²) in [7, 11) is 0. The lowest BCUT2D eigenvalue weighted by atomic mass is 10.2. The summed E-state index contributed by atoms with van der Waals surface area (Å²) < 4.78 is 1.72. The molecule has 6 nitrogen and oxygen atoms in total. The van der Waals surface area contributed by atoms with Gasteiger partial charge in [-0.15, -0.1) is 15.3 Å². The van der Waals surface area contributed by atoms with Gasteiger partial charge in [-0.1, -0.05) is 22.9 Å². The van der Waals surface area contributed by atoms with Crippen LogP contribution >= 0.6 is 22.9 Å². The van der Waals surface area contributed by atoms with E-state index in [0.717, 1.165) is 21.3 Å². The SMILES string of the molecule is Clc1ccc(Nc2nn3c(-c4ccncc4)nnc3s2)cc1. The zero-order valence-corrected chi connectivity index (χ0v) is 12.7. The number of hydrogen-bond donors (Lipinski definition) is 1. The number of hydrogen-bond acceptors (Lipinski definition) is 6. The summed E-state index contributed by atoms with van der Waals surface area (Å²) in [6.45, 7) is 0. The number of benzene rings is 1. The lowest BCUT2D eigenvalue weighted by Gasteiger charge is -2.01. The topological polar surface area (TPSA) is 68.0 Å². The summed E-state index contributed by atoms with van der Waals surface area (Å²) in [6.07, 6.45) is 3.44. The van der Waals surface area contributed by atoms with Gasteiger partial charge in [-0.2, -0.15) is 4.52 Å². The van der Waals surface area contributed by atoms with E-state index in [-0.39, 0.29) is 0 Å². The molecule has 108 valence electrons. The second-order valence-electron chi connectivity index (χ2n) is 4.49. The van der Waals surface area contributed by atoms with Gasteiger partial charge in [0.1, 0.15) is 0 Å². The largest absolute Gasteiger partial charge is 0.330 e. The number of aromatic nitrogens is 5. The third-order valence-corrected chi connectivity index (χ3v) is 4.09. The highest BCUT2D eigenvalue weighted by atomic mass is 35.5. The molecule has 0 amide bonds. The average Bonchev–Trinajstić information content (AvgIpc) is 3.10. The van der Waals surface area contributed by atoms with Crippen LogP contribution < -0.4 is 5.32 Å². The molecule has 3 heterocycles. The highest BCUT2D eigenvalue weighted by Crippen LogP contribution is 2.26. The van der Waals surface area contributed by atoms with Crippen molar-refractivity contribution in [3.8, 4) is 11.4 Å². The molecule has 0 unspecified atom stereocenters. The van der Waals surface area contributed by atoms with Crippen molar-refractivity contribution in [2.24, 2.45) is 0 Å². The van der Waals surface area contributed by atoms with Gasteiger partial charge in [-0.25, -0.2) is 0 Å². The summed E-state index contributed by atoms with van der Waals surface area (Å²) in [5, 5.41) is 17.5. The average molecular weight is 329 g/mol. The van der Waals surface area contributed by atoms with E-state index in [1.165, 1.54) is 11.3 Å². The van der Waals surface area contributed by atoms with Gasteiger partial charge in [-0.05, 0) is 36.4 Å². The first-order valence-corrected chi connectivity index (χ1v) is 7.64. The first-order valence-electron chi connectivity index (χ1n) is 6.45. The lowest BCUT2D eigenvalue weighted by molar-refractivity contribution is 0.969. The van der Waals surface area contributed by atoms with Crippen LogP contribution in [0.5, 0.6) is 0 Å². The summed E-state index contributed by atoms with van der Waals surface area (Å²) in [4.78, 5) is 4.73. The Labute approximate surface area is 134 Å². The molecule has 0 atom stereocenters. The van der Waals surface area contributed by atoms with Gasteiger partial charge in [-0.3, -0.25) is 4.98 Å². The summed E-state index contributed by atoms with van der Waals surface area (Å²) >= 11 is 7.31. The van der Waals surface area contributed by atoms with Gasteiger partial charge in [0, 0.05) is 28.7 Å². The third-order valence-electron chi connectivity index (χ3n) is 3.02. The molecule has 4 rings (SSSR count). The van der Waals surface area contributed by atoms with E-state index in [4.69, 9.17) is 11.6 Å². The Bertz CT molecular complexity index is 916. The van der Waals surface area contributed by atoms with Crippen molar-refractivity contribution in [3.05, 3.63) is 53.8 Å². The van der Waals surface area contributed by atoms with Crippen LogP contribution in [0.1, 0.15) is 0 Å². The van der Waals surface area contributed by atoms with Gasteiger partial charge in [0.25, 0.3) is 0 Å². The van der Waals surface area contributed by atoms with Crippen molar-refractivity contribution >= 4 is 38.7 Å². The van der Waals surface area contributed by atoms with Crippen molar-refractivity contribution in [3.63, 3.8) is 0 Å². The predicted molar refractivity (Wildman–Crippen MR) is 86.6 cm³/mol. The highest BCUT2D eigenvalue weighted by Gasteiger charge is 2.13. The van der Waals surface area contributed by atoms with Crippen LogP contribution in [0.3, 0.4) is 0 Å². The standard InChI is InChI=1S/C14H9ClN6S/c15-10-1-3-11(4-2-10)17-13-20-21-12(18-19-14(21)22-13)9-5-7-16-8-6-9/h1-8H,(H,17,20). The second kappa shape index (κ2) is 5.36. The Morgan fingerprint density at radius 1 is 1.00 bits per heavy atom. The first-order chi connectivity index (χ1) is 10.8. The summed E-state index contributed by atoms with van der Waals surface area (Å²) in [5.74, 6) is 0.692. The molecule has 4 aromatic rings. The molecule has 0 aliphatic carbocycles. The summed E-state index contributed by atoms with van der Waals surface area (Å²) in [5.41, 5.74) is 1.84. The second-order valence-corrected chi connectivity index (χ2v) is 5.89. The lowest BCUT2D eigenvalue weighted by Crippen LogP contribution is -1.94. The van der Waals surface area contributed by atoms with E-state index in [2.05, 4.69) is 25.6 Å². The van der Waals surface area contributed by atoms with E-state index in [1.54, 1.807) is 16.9 Å². The third kappa shape index (κ3) is 2.40. The van der Waals surface area contributed by atoms with Gasteiger partial charge in [0.15, 0.2) is 5.82 Å². The van der Waals surface area contributed by atoms with E-state index in [9.17, 15) is 0 Å². The fourth-order valence-electron chi connectivity index (χ4n) is 2.01. The zero-order valence-electron chi connectivity index (χ0n) is 11.1. The number of anilines is 2. The van der Waals surface area contributed by atoms with Crippen LogP contribution in [-0.2, 0) is 0 Å². The maximum absolute atomic E-state index is 5.88. The van der Waals surface area contributed by atoms with Crippen molar-refractivity contribution in [2.75, 3.05) is 5.32 Å². The van der Waals surface area contributed by atoms with Crippen LogP contribution in [0, 0.1) is 0 Å². The Morgan fingerprint density at radius 3 is 2.55 bits per heavy atom. The Kier molecular flexibility index (Phi) is 3.21. The quantitative estimate of drug-likeness (QED) is 0.621. The summed E-state index contributed by atoms with van der Waals surface area (Å²) in [6, 6.07) is 11.2. The molecule has 0 bridgehead atoms. The molecule has 0 aliphatic rings. The van der Waals surface area contributed by atoms with Crippen LogP contribution in [0.4, 0.5) is 10.8 Å². The smallest absolute Gasteiger partial charge is 0.236 e. The fourth-order valence-corrected chi connectivity index (χ4v) is 2.89. The monoisotopic (exact) mass is 328 g/mol. The molecular formula is C14H9ClN6S. The van der Waals surface area contributed by atoms with Crippen molar-refractivity contribution < 1.29 is 0 Å². The number of nitrogens with zero attached hydrogens (tertiary/aromatic N) is 5. The molecule has 0 saturated heterocycles. The van der Waals surface area contributed by atoms with Crippen molar-refractivity contribution in [1.82, 2.24) is 24.8 Å². The van der Waals surface area contributed by atoms with Gasteiger partial charge in [0.2, 0.25) is 10.1 Å².